The maximum atomic E-state index is 12.2. The van der Waals surface area contributed by atoms with Crippen LogP contribution in [0, 0.1) is 12.8 Å². The third-order valence-corrected chi connectivity index (χ3v) is 5.57. The van der Waals surface area contributed by atoms with Gasteiger partial charge in [0.1, 0.15) is 18.2 Å². The molecule has 3 aromatic rings. The lowest BCUT2D eigenvalue weighted by atomic mass is 10.0. The van der Waals surface area contributed by atoms with Gasteiger partial charge in [-0.15, -0.1) is 0 Å². The molecule has 0 saturated carbocycles. The first-order valence-electron chi connectivity index (χ1n) is 11.0. The van der Waals surface area contributed by atoms with Crippen molar-refractivity contribution in [1.29, 1.82) is 0 Å². The molecule has 0 aliphatic carbocycles. The Bertz CT molecular complexity index is 943. The van der Waals surface area contributed by atoms with Crippen LogP contribution in [0.1, 0.15) is 44.5 Å². The molecule has 30 heavy (non-hydrogen) atoms. The quantitative estimate of drug-likeness (QED) is 0.460. The smallest absolute Gasteiger partial charge is 0.223 e. The molecule has 1 aromatic heterocycles. The van der Waals surface area contributed by atoms with E-state index in [1.807, 2.05) is 30.3 Å². The van der Waals surface area contributed by atoms with E-state index in [-0.39, 0.29) is 11.8 Å². The van der Waals surface area contributed by atoms with E-state index in [0.29, 0.717) is 13.2 Å². The molecule has 5 heteroatoms. The summed E-state index contributed by atoms with van der Waals surface area (Å²) in [6, 6.07) is 16.3. The first-order chi connectivity index (χ1) is 14.6. The molecule has 0 spiro atoms. The molecule has 1 N–H and O–H groups in total. The van der Waals surface area contributed by atoms with Crippen LogP contribution in [0.2, 0.25) is 0 Å². The fourth-order valence-electron chi connectivity index (χ4n) is 3.72. The van der Waals surface area contributed by atoms with Crippen LogP contribution in [0.5, 0.6) is 5.75 Å². The van der Waals surface area contributed by atoms with E-state index in [2.05, 4.69) is 48.9 Å². The van der Waals surface area contributed by atoms with Crippen LogP contribution in [0.4, 0.5) is 0 Å². The molecule has 1 amide bonds. The predicted molar refractivity (Wildman–Crippen MR) is 122 cm³/mol. The van der Waals surface area contributed by atoms with E-state index >= 15 is 0 Å². The SMILES string of the molecule is CCC(CC)C(=O)NCCCc1nc2ccccc2n1CCOc1ccc(C)cc1. The first-order valence-corrected chi connectivity index (χ1v) is 11.0. The second-order valence-electron chi connectivity index (χ2n) is 7.74. The van der Waals surface area contributed by atoms with Crippen molar-refractivity contribution in [2.75, 3.05) is 13.2 Å². The summed E-state index contributed by atoms with van der Waals surface area (Å²) in [5, 5.41) is 3.08. The van der Waals surface area contributed by atoms with Gasteiger partial charge in [-0.25, -0.2) is 4.98 Å². The lowest BCUT2D eigenvalue weighted by Gasteiger charge is -2.13. The zero-order valence-electron chi connectivity index (χ0n) is 18.4. The maximum Gasteiger partial charge on any atom is 0.223 e. The number of nitrogens with zero attached hydrogens (tertiary/aromatic N) is 2. The van der Waals surface area contributed by atoms with Crippen LogP contribution in [0.3, 0.4) is 0 Å². The summed E-state index contributed by atoms with van der Waals surface area (Å²) in [6.07, 6.45) is 3.47. The highest BCUT2D eigenvalue weighted by Crippen LogP contribution is 2.18. The fraction of sp³-hybridized carbons (Fsp3) is 0.440. The van der Waals surface area contributed by atoms with Gasteiger partial charge in [0.05, 0.1) is 17.6 Å². The van der Waals surface area contributed by atoms with Gasteiger partial charge >= 0.3 is 0 Å². The molecule has 0 atom stereocenters. The minimum atomic E-state index is 0.119. The summed E-state index contributed by atoms with van der Waals surface area (Å²) >= 11 is 0. The normalized spacial score (nSPS) is 11.2. The van der Waals surface area contributed by atoms with E-state index in [1.54, 1.807) is 0 Å². The van der Waals surface area contributed by atoms with Crippen LogP contribution in [0.15, 0.2) is 48.5 Å². The minimum Gasteiger partial charge on any atom is -0.492 e. The molecule has 5 nitrogen and oxygen atoms in total. The Kier molecular flexibility index (Phi) is 7.89. The Balaban J connectivity index is 1.60. The van der Waals surface area contributed by atoms with Gasteiger partial charge in [-0.3, -0.25) is 4.79 Å². The summed E-state index contributed by atoms with van der Waals surface area (Å²) in [7, 11) is 0. The third-order valence-electron chi connectivity index (χ3n) is 5.57. The van der Waals surface area contributed by atoms with Crippen molar-refractivity contribution < 1.29 is 9.53 Å². The van der Waals surface area contributed by atoms with Crippen molar-refractivity contribution in [3.05, 3.63) is 59.9 Å². The van der Waals surface area contributed by atoms with Crippen LogP contribution in [-0.2, 0) is 17.8 Å². The summed E-state index contributed by atoms with van der Waals surface area (Å²) in [4.78, 5) is 17.0. The topological polar surface area (TPSA) is 56.2 Å². The number of amides is 1. The number of imidazole rings is 1. The molecule has 0 saturated heterocycles. The molecule has 2 aromatic carbocycles. The van der Waals surface area contributed by atoms with Crippen molar-refractivity contribution >= 4 is 16.9 Å². The fourth-order valence-corrected chi connectivity index (χ4v) is 3.72. The molecule has 0 aliphatic heterocycles. The predicted octanol–water partition coefficient (Wildman–Crippen LogP) is 4.91. The Morgan fingerprint density at radius 3 is 2.57 bits per heavy atom. The monoisotopic (exact) mass is 407 g/mol. The highest BCUT2D eigenvalue weighted by atomic mass is 16.5. The highest BCUT2D eigenvalue weighted by molar-refractivity contribution is 5.78. The molecule has 160 valence electrons. The van der Waals surface area contributed by atoms with Crippen molar-refractivity contribution in [2.45, 2.75) is 53.0 Å². The van der Waals surface area contributed by atoms with Crippen LogP contribution in [-0.4, -0.2) is 28.6 Å². The summed E-state index contributed by atoms with van der Waals surface area (Å²) in [5.41, 5.74) is 3.35. The molecule has 0 unspecified atom stereocenters. The van der Waals surface area contributed by atoms with Gasteiger partial charge in [0.25, 0.3) is 0 Å². The van der Waals surface area contributed by atoms with Crippen molar-refractivity contribution in [2.24, 2.45) is 5.92 Å². The standard InChI is InChI=1S/C25H33N3O2/c1-4-20(5-2)25(29)26-16-8-11-24-27-22-9-6-7-10-23(22)28(24)17-18-30-21-14-12-19(3)13-15-21/h6-7,9-10,12-15,20H,4-5,8,11,16-18H2,1-3H3,(H,26,29). The Morgan fingerprint density at radius 1 is 1.10 bits per heavy atom. The van der Waals surface area contributed by atoms with Gasteiger partial charge in [-0.05, 0) is 50.5 Å². The van der Waals surface area contributed by atoms with Crippen molar-refractivity contribution in [1.82, 2.24) is 14.9 Å². The largest absolute Gasteiger partial charge is 0.492 e. The van der Waals surface area contributed by atoms with Crippen LogP contribution < -0.4 is 10.1 Å². The summed E-state index contributed by atoms with van der Waals surface area (Å²) in [5.74, 6) is 2.21. The number of ether oxygens (including phenoxy) is 1. The molecule has 0 bridgehead atoms. The van der Waals surface area contributed by atoms with Crippen molar-refractivity contribution in [3.63, 3.8) is 0 Å². The zero-order chi connectivity index (χ0) is 21.3. The van der Waals surface area contributed by atoms with E-state index in [0.717, 1.165) is 54.8 Å². The third kappa shape index (κ3) is 5.62. The number of hydrogen-bond acceptors (Lipinski definition) is 3. The molecule has 0 radical (unpaired) electrons. The van der Waals surface area contributed by atoms with Crippen LogP contribution in [0.25, 0.3) is 11.0 Å². The maximum absolute atomic E-state index is 12.2. The lowest BCUT2D eigenvalue weighted by molar-refractivity contribution is -0.125. The second kappa shape index (κ2) is 10.8. The Labute approximate surface area is 179 Å². The van der Waals surface area contributed by atoms with Crippen molar-refractivity contribution in [3.8, 4) is 5.75 Å². The van der Waals surface area contributed by atoms with E-state index in [9.17, 15) is 4.79 Å². The van der Waals surface area contributed by atoms with E-state index in [1.165, 1.54) is 5.56 Å². The van der Waals surface area contributed by atoms with Gasteiger partial charge in [-0.2, -0.15) is 0 Å². The minimum absolute atomic E-state index is 0.119. The molecule has 3 rings (SSSR count). The number of benzene rings is 2. The summed E-state index contributed by atoms with van der Waals surface area (Å²) < 4.78 is 8.18. The Morgan fingerprint density at radius 2 is 1.83 bits per heavy atom. The number of nitrogens with one attached hydrogen (secondary N) is 1. The van der Waals surface area contributed by atoms with Gasteiger partial charge < -0.3 is 14.6 Å². The number of carbonyl (C=O) groups excluding carboxylic acids is 1. The molecule has 0 aliphatic rings. The first kappa shape index (κ1) is 21.9. The lowest BCUT2D eigenvalue weighted by Crippen LogP contribution is -2.31. The number of para-hydroxylation sites is 2. The highest BCUT2D eigenvalue weighted by Gasteiger charge is 2.14. The number of aryl methyl sites for hydroxylation is 2. The number of rotatable bonds is 11. The van der Waals surface area contributed by atoms with E-state index < -0.39 is 0 Å². The van der Waals surface area contributed by atoms with Crippen LogP contribution >= 0.6 is 0 Å². The number of aromatic nitrogens is 2. The van der Waals surface area contributed by atoms with Gasteiger partial charge in [-0.1, -0.05) is 43.7 Å². The molecule has 1 heterocycles. The number of hydrogen-bond donors (Lipinski definition) is 1. The van der Waals surface area contributed by atoms with Gasteiger partial charge in [0.15, 0.2) is 0 Å². The summed E-state index contributed by atoms with van der Waals surface area (Å²) in [6.45, 7) is 8.20. The average molecular weight is 408 g/mol. The zero-order valence-corrected chi connectivity index (χ0v) is 18.4. The average Bonchev–Trinajstić information content (AvgIpc) is 3.11. The molecular weight excluding hydrogens is 374 g/mol. The molecule has 0 fully saturated rings. The number of fused-ring (bicyclic) bond motifs is 1. The Hall–Kier alpha value is -2.82. The van der Waals surface area contributed by atoms with Gasteiger partial charge in [0, 0.05) is 18.9 Å². The van der Waals surface area contributed by atoms with E-state index in [4.69, 9.17) is 9.72 Å². The number of carbonyl (C=O) groups is 1. The second-order valence-corrected chi connectivity index (χ2v) is 7.74. The van der Waals surface area contributed by atoms with Gasteiger partial charge in [0.2, 0.25) is 5.91 Å². The molecular formula is C25H33N3O2.